The average molecular weight is 255 g/mol. The minimum Gasteiger partial charge on any atom is -0.287 e. The highest BCUT2D eigenvalue weighted by atomic mass is 16.1. The Balaban J connectivity index is 1.89. The van der Waals surface area contributed by atoms with Gasteiger partial charge in [0.1, 0.15) is 5.69 Å². The van der Waals surface area contributed by atoms with Gasteiger partial charge in [0.15, 0.2) is 0 Å². The Morgan fingerprint density at radius 1 is 1.11 bits per heavy atom. The monoisotopic (exact) mass is 255 g/mol. The summed E-state index contributed by atoms with van der Waals surface area (Å²) in [4.78, 5) is 12.5. The van der Waals surface area contributed by atoms with Crippen LogP contribution in [0.15, 0.2) is 36.5 Å². The molecule has 1 aromatic carbocycles. The first kappa shape index (κ1) is 12.1. The molecule has 1 fully saturated rings. The van der Waals surface area contributed by atoms with Crippen LogP contribution in [0.5, 0.6) is 0 Å². The van der Waals surface area contributed by atoms with Crippen molar-refractivity contribution in [3.05, 3.63) is 47.8 Å². The number of hydrogen-bond donors (Lipinski definition) is 0. The number of hydrogen-bond acceptors (Lipinski definition) is 3. The summed E-state index contributed by atoms with van der Waals surface area (Å²) >= 11 is 0. The lowest BCUT2D eigenvalue weighted by Gasteiger charge is -2.22. The number of carbonyl (C=O) groups is 1. The number of ketones is 1. The van der Waals surface area contributed by atoms with Crippen molar-refractivity contribution in [3.8, 4) is 0 Å². The van der Waals surface area contributed by atoms with E-state index in [0.717, 1.165) is 12.8 Å². The van der Waals surface area contributed by atoms with E-state index >= 15 is 0 Å². The molecule has 0 bridgehead atoms. The molecule has 4 nitrogen and oxygen atoms in total. The van der Waals surface area contributed by atoms with Gasteiger partial charge in [0.05, 0.1) is 12.2 Å². The van der Waals surface area contributed by atoms with E-state index in [9.17, 15) is 4.79 Å². The number of benzene rings is 1. The molecular formula is C15H17N3O. The van der Waals surface area contributed by atoms with Crippen LogP contribution in [0, 0.1) is 0 Å². The maximum atomic E-state index is 12.5. The third-order valence-corrected chi connectivity index (χ3v) is 3.76. The largest absolute Gasteiger partial charge is 0.287 e. The zero-order valence-electron chi connectivity index (χ0n) is 10.8. The standard InChI is InChI=1S/C15H17N3O/c19-15(12-7-3-1-4-8-12)14-11-16-17-18(14)13-9-5-2-6-10-13/h1,3-4,7-8,11,13H,2,5-6,9-10H2. The molecule has 0 unspecified atom stereocenters. The van der Waals surface area contributed by atoms with Gasteiger partial charge < -0.3 is 0 Å². The summed E-state index contributed by atoms with van der Waals surface area (Å²) in [5.41, 5.74) is 1.31. The Morgan fingerprint density at radius 2 is 1.84 bits per heavy atom. The van der Waals surface area contributed by atoms with Gasteiger partial charge in [-0.2, -0.15) is 0 Å². The van der Waals surface area contributed by atoms with Crippen molar-refractivity contribution in [1.82, 2.24) is 15.0 Å². The van der Waals surface area contributed by atoms with Gasteiger partial charge in [-0.15, -0.1) is 5.10 Å². The molecule has 3 rings (SSSR count). The van der Waals surface area contributed by atoms with E-state index in [0.29, 0.717) is 17.3 Å². The molecule has 2 aromatic rings. The molecule has 0 radical (unpaired) electrons. The summed E-state index contributed by atoms with van der Waals surface area (Å²) < 4.78 is 1.83. The van der Waals surface area contributed by atoms with Crippen LogP contribution in [0.2, 0.25) is 0 Å². The second-order valence-electron chi connectivity index (χ2n) is 5.05. The molecule has 0 aliphatic heterocycles. The maximum absolute atomic E-state index is 12.5. The van der Waals surface area contributed by atoms with Gasteiger partial charge in [0, 0.05) is 5.56 Å². The van der Waals surface area contributed by atoms with Gasteiger partial charge in [0.25, 0.3) is 0 Å². The van der Waals surface area contributed by atoms with Crippen molar-refractivity contribution in [2.24, 2.45) is 0 Å². The number of nitrogens with zero attached hydrogens (tertiary/aromatic N) is 3. The first-order valence-corrected chi connectivity index (χ1v) is 6.86. The van der Waals surface area contributed by atoms with E-state index in [1.165, 1.54) is 19.3 Å². The minimum absolute atomic E-state index is 0.0103. The number of rotatable bonds is 3. The fourth-order valence-electron chi connectivity index (χ4n) is 2.74. The summed E-state index contributed by atoms with van der Waals surface area (Å²) in [6, 6.07) is 9.66. The van der Waals surface area contributed by atoms with Crippen LogP contribution >= 0.6 is 0 Å². The number of carbonyl (C=O) groups excluding carboxylic acids is 1. The number of aromatic nitrogens is 3. The van der Waals surface area contributed by atoms with E-state index in [4.69, 9.17) is 0 Å². The lowest BCUT2D eigenvalue weighted by molar-refractivity contribution is 0.102. The van der Waals surface area contributed by atoms with Gasteiger partial charge in [-0.25, -0.2) is 4.68 Å². The molecule has 98 valence electrons. The highest BCUT2D eigenvalue weighted by Gasteiger charge is 2.22. The lowest BCUT2D eigenvalue weighted by Crippen LogP contribution is -2.19. The van der Waals surface area contributed by atoms with Crippen molar-refractivity contribution in [2.45, 2.75) is 38.1 Å². The molecule has 1 aliphatic carbocycles. The maximum Gasteiger partial charge on any atom is 0.212 e. The summed E-state index contributed by atoms with van der Waals surface area (Å²) in [6.45, 7) is 0. The molecule has 0 saturated heterocycles. The molecule has 1 aromatic heterocycles. The van der Waals surface area contributed by atoms with Crippen LogP contribution < -0.4 is 0 Å². The van der Waals surface area contributed by atoms with Crippen molar-refractivity contribution in [3.63, 3.8) is 0 Å². The third-order valence-electron chi connectivity index (χ3n) is 3.76. The Bertz CT molecular complexity index is 556. The van der Waals surface area contributed by atoms with E-state index in [2.05, 4.69) is 10.3 Å². The van der Waals surface area contributed by atoms with Crippen LogP contribution in [-0.2, 0) is 0 Å². The summed E-state index contributed by atoms with van der Waals surface area (Å²) in [5, 5.41) is 8.07. The molecule has 0 atom stereocenters. The average Bonchev–Trinajstić information content (AvgIpc) is 2.98. The molecule has 19 heavy (non-hydrogen) atoms. The highest BCUT2D eigenvalue weighted by Crippen LogP contribution is 2.28. The van der Waals surface area contributed by atoms with Gasteiger partial charge in [-0.05, 0) is 12.8 Å². The van der Waals surface area contributed by atoms with E-state index in [-0.39, 0.29) is 5.78 Å². The second kappa shape index (κ2) is 5.34. The van der Waals surface area contributed by atoms with E-state index < -0.39 is 0 Å². The second-order valence-corrected chi connectivity index (χ2v) is 5.05. The van der Waals surface area contributed by atoms with Gasteiger partial charge in [0.2, 0.25) is 5.78 Å². The molecule has 1 aliphatic rings. The van der Waals surface area contributed by atoms with Crippen LogP contribution in [0.25, 0.3) is 0 Å². The normalized spacial score (nSPS) is 16.4. The van der Waals surface area contributed by atoms with Gasteiger partial charge >= 0.3 is 0 Å². The molecule has 0 spiro atoms. The fourth-order valence-corrected chi connectivity index (χ4v) is 2.74. The lowest BCUT2D eigenvalue weighted by atomic mass is 9.95. The third kappa shape index (κ3) is 2.43. The molecule has 0 N–H and O–H groups in total. The van der Waals surface area contributed by atoms with Crippen molar-refractivity contribution >= 4 is 5.78 Å². The van der Waals surface area contributed by atoms with Crippen LogP contribution in [0.3, 0.4) is 0 Å². The fraction of sp³-hybridized carbons (Fsp3) is 0.400. The van der Waals surface area contributed by atoms with Gasteiger partial charge in [-0.1, -0.05) is 54.8 Å². The molecule has 4 heteroatoms. The summed E-state index contributed by atoms with van der Waals surface area (Å²) in [5.74, 6) is 0.0103. The quantitative estimate of drug-likeness (QED) is 0.792. The Labute approximate surface area is 112 Å². The molecule has 1 heterocycles. The molecular weight excluding hydrogens is 238 g/mol. The highest BCUT2D eigenvalue weighted by molar-refractivity contribution is 6.07. The SMILES string of the molecule is O=C(c1ccccc1)c1cnnn1C1CCCCC1. The molecule has 1 saturated carbocycles. The van der Waals surface area contributed by atoms with Crippen LogP contribution in [0.4, 0.5) is 0 Å². The Morgan fingerprint density at radius 3 is 2.58 bits per heavy atom. The van der Waals surface area contributed by atoms with Gasteiger partial charge in [-0.3, -0.25) is 4.79 Å². The van der Waals surface area contributed by atoms with Crippen molar-refractivity contribution in [1.29, 1.82) is 0 Å². The first-order chi connectivity index (χ1) is 9.36. The minimum atomic E-state index is 0.0103. The first-order valence-electron chi connectivity index (χ1n) is 6.86. The van der Waals surface area contributed by atoms with E-state index in [1.807, 2.05) is 35.0 Å². The van der Waals surface area contributed by atoms with Crippen molar-refractivity contribution < 1.29 is 4.79 Å². The van der Waals surface area contributed by atoms with Crippen LogP contribution in [-0.4, -0.2) is 20.8 Å². The Hall–Kier alpha value is -1.97. The van der Waals surface area contributed by atoms with Crippen molar-refractivity contribution in [2.75, 3.05) is 0 Å². The Kier molecular flexibility index (Phi) is 3.40. The molecule has 0 amide bonds. The smallest absolute Gasteiger partial charge is 0.212 e. The zero-order valence-corrected chi connectivity index (χ0v) is 10.8. The van der Waals surface area contributed by atoms with Crippen LogP contribution in [0.1, 0.15) is 54.2 Å². The topological polar surface area (TPSA) is 47.8 Å². The summed E-state index contributed by atoms with van der Waals surface area (Å²) in [7, 11) is 0. The predicted octanol–water partition coefficient (Wildman–Crippen LogP) is 3.01. The summed E-state index contributed by atoms with van der Waals surface area (Å²) in [6.07, 6.45) is 7.49. The van der Waals surface area contributed by atoms with E-state index in [1.54, 1.807) is 6.20 Å². The predicted molar refractivity (Wildman–Crippen MR) is 72.0 cm³/mol. The zero-order chi connectivity index (χ0) is 13.1.